The van der Waals surface area contributed by atoms with Gasteiger partial charge in [-0.3, -0.25) is 0 Å². The maximum atomic E-state index is 5.66. The number of aromatic nitrogens is 4. The van der Waals surface area contributed by atoms with E-state index in [0.717, 1.165) is 72.0 Å². The van der Waals surface area contributed by atoms with Crippen molar-refractivity contribution in [2.24, 2.45) is 0 Å². The van der Waals surface area contributed by atoms with E-state index in [2.05, 4.69) is 103 Å². The first-order valence-electron chi connectivity index (χ1n) is 13.6. The summed E-state index contributed by atoms with van der Waals surface area (Å²) in [4.78, 5) is 14.4. The molecule has 1 saturated heterocycles. The van der Waals surface area contributed by atoms with Crippen LogP contribution in [-0.4, -0.2) is 70.6 Å². The number of fused-ring (bicyclic) bond motifs is 1. The molecule has 1 aliphatic heterocycles. The number of nitrogens with zero attached hydrogens (tertiary/aromatic N) is 6. The molecule has 0 amide bonds. The molecule has 206 valence electrons. The first kappa shape index (κ1) is 26.9. The van der Waals surface area contributed by atoms with Crippen molar-refractivity contribution >= 4 is 39.9 Å². The predicted molar refractivity (Wildman–Crippen MR) is 160 cm³/mol. The Kier molecular flexibility index (Phi) is 7.72. The molecular formula is C30H40N8O. The number of likely N-dealkylation sites (N-methyl/N-ethyl adjacent to an activating group) is 1. The van der Waals surface area contributed by atoms with Crippen LogP contribution < -0.4 is 15.5 Å². The first-order valence-corrected chi connectivity index (χ1v) is 13.6. The molecule has 0 bridgehead atoms. The van der Waals surface area contributed by atoms with E-state index in [-0.39, 0.29) is 5.60 Å². The number of aryl methyl sites for hydroxylation is 3. The van der Waals surface area contributed by atoms with E-state index in [1.807, 2.05) is 10.9 Å². The Balaban J connectivity index is 1.41. The Labute approximate surface area is 231 Å². The number of ether oxygens (including phenoxy) is 1. The van der Waals surface area contributed by atoms with E-state index in [1.54, 1.807) is 7.11 Å². The van der Waals surface area contributed by atoms with Gasteiger partial charge in [-0.05, 0) is 76.6 Å². The van der Waals surface area contributed by atoms with E-state index in [4.69, 9.17) is 14.8 Å². The molecule has 0 aliphatic carbocycles. The zero-order valence-corrected chi connectivity index (χ0v) is 24.0. The molecule has 0 unspecified atom stereocenters. The fourth-order valence-electron chi connectivity index (χ4n) is 4.82. The van der Waals surface area contributed by atoms with Crippen molar-refractivity contribution in [2.45, 2.75) is 46.3 Å². The van der Waals surface area contributed by atoms with Crippen LogP contribution >= 0.6 is 0 Å². The van der Waals surface area contributed by atoms with Crippen molar-refractivity contribution in [1.82, 2.24) is 24.6 Å². The molecule has 9 nitrogen and oxygen atoms in total. The summed E-state index contributed by atoms with van der Waals surface area (Å²) >= 11 is 0. The van der Waals surface area contributed by atoms with Crippen molar-refractivity contribution in [1.29, 1.82) is 0 Å². The number of benzene rings is 2. The Morgan fingerprint density at radius 1 is 0.949 bits per heavy atom. The number of hydrogen-bond acceptors (Lipinski definition) is 8. The highest BCUT2D eigenvalue weighted by Crippen LogP contribution is 2.30. The Morgan fingerprint density at radius 2 is 1.64 bits per heavy atom. The molecule has 5 rings (SSSR count). The summed E-state index contributed by atoms with van der Waals surface area (Å²) in [5.41, 5.74) is 6.10. The summed E-state index contributed by atoms with van der Waals surface area (Å²) in [6.07, 6.45) is 2.65. The highest BCUT2D eigenvalue weighted by Gasteiger charge is 2.20. The molecule has 1 fully saturated rings. The van der Waals surface area contributed by atoms with Gasteiger partial charge in [0.15, 0.2) is 11.5 Å². The van der Waals surface area contributed by atoms with Gasteiger partial charge in [0.2, 0.25) is 5.95 Å². The number of nitrogens with one attached hydrogen (secondary N) is 2. The molecule has 0 atom stereocenters. The molecule has 39 heavy (non-hydrogen) atoms. The van der Waals surface area contributed by atoms with Crippen molar-refractivity contribution in [3.8, 4) is 0 Å². The van der Waals surface area contributed by atoms with Crippen LogP contribution in [0.1, 0.15) is 31.4 Å². The number of para-hydroxylation sites is 1. The lowest BCUT2D eigenvalue weighted by atomic mass is 10.1. The molecule has 2 aromatic heterocycles. The van der Waals surface area contributed by atoms with Gasteiger partial charge in [0, 0.05) is 63.1 Å². The monoisotopic (exact) mass is 528 g/mol. The van der Waals surface area contributed by atoms with Gasteiger partial charge in [-0.15, -0.1) is 0 Å². The van der Waals surface area contributed by atoms with E-state index < -0.39 is 0 Å². The summed E-state index contributed by atoms with van der Waals surface area (Å²) in [6.45, 7) is 13.3. The van der Waals surface area contributed by atoms with E-state index >= 15 is 0 Å². The third kappa shape index (κ3) is 6.15. The van der Waals surface area contributed by atoms with Gasteiger partial charge < -0.3 is 25.2 Å². The second-order valence-electron chi connectivity index (χ2n) is 11.1. The minimum Gasteiger partial charge on any atom is -0.379 e. The molecule has 9 heteroatoms. The van der Waals surface area contributed by atoms with Gasteiger partial charge in [0.05, 0.1) is 11.0 Å². The molecular weight excluding hydrogens is 488 g/mol. The lowest BCUT2D eigenvalue weighted by molar-refractivity contribution is 0.0116. The average Bonchev–Trinajstić information content (AvgIpc) is 3.27. The fourth-order valence-corrected chi connectivity index (χ4v) is 4.82. The summed E-state index contributed by atoms with van der Waals surface area (Å²) in [5, 5.41) is 12.7. The number of anilines is 5. The zero-order chi connectivity index (χ0) is 27.6. The normalized spacial score (nSPS) is 14.7. The van der Waals surface area contributed by atoms with Gasteiger partial charge in [0.25, 0.3) is 0 Å². The average molecular weight is 529 g/mol. The van der Waals surface area contributed by atoms with Crippen LogP contribution in [0.2, 0.25) is 0 Å². The maximum Gasteiger partial charge on any atom is 0.229 e. The topological polar surface area (TPSA) is 83.4 Å². The first-order chi connectivity index (χ1) is 18.7. The van der Waals surface area contributed by atoms with Crippen LogP contribution in [0.5, 0.6) is 0 Å². The van der Waals surface area contributed by atoms with Crippen LogP contribution in [0.25, 0.3) is 11.0 Å². The Bertz CT molecular complexity index is 1400. The van der Waals surface area contributed by atoms with Crippen LogP contribution in [-0.2, 0) is 11.3 Å². The van der Waals surface area contributed by atoms with Crippen molar-refractivity contribution in [3.05, 3.63) is 59.8 Å². The predicted octanol–water partition coefficient (Wildman–Crippen LogP) is 5.50. The van der Waals surface area contributed by atoms with Gasteiger partial charge in [-0.2, -0.15) is 10.1 Å². The third-order valence-electron chi connectivity index (χ3n) is 7.68. The van der Waals surface area contributed by atoms with Crippen molar-refractivity contribution in [2.75, 3.05) is 55.9 Å². The SMILES string of the molecule is COC(C)(C)CCn1nc(Nc2c(C)cccc2C)c2cnc(Nc3ccc(N4CCN(C)CC4)cc3)nc21. The quantitative estimate of drug-likeness (QED) is 0.295. The summed E-state index contributed by atoms with van der Waals surface area (Å²) < 4.78 is 7.61. The minimum absolute atomic E-state index is 0.266. The highest BCUT2D eigenvalue weighted by atomic mass is 16.5. The Morgan fingerprint density at radius 3 is 2.31 bits per heavy atom. The van der Waals surface area contributed by atoms with Crippen molar-refractivity contribution in [3.63, 3.8) is 0 Å². The number of piperazine rings is 1. The molecule has 2 N–H and O–H groups in total. The zero-order valence-electron chi connectivity index (χ0n) is 24.0. The second kappa shape index (κ2) is 11.2. The fraction of sp³-hybridized carbons (Fsp3) is 0.433. The van der Waals surface area contributed by atoms with Crippen molar-refractivity contribution < 1.29 is 4.74 Å². The molecule has 4 aromatic rings. The smallest absolute Gasteiger partial charge is 0.229 e. The van der Waals surface area contributed by atoms with E-state index in [9.17, 15) is 0 Å². The van der Waals surface area contributed by atoms with Crippen LogP contribution in [0, 0.1) is 13.8 Å². The standard InChI is InChI=1S/C30H40N8O/c1-21-8-7-9-22(2)26(21)33-27-25-20-31-29(34-28(25)38(35-27)15-14-30(3,4)39-6)32-23-10-12-24(13-11-23)37-18-16-36(5)17-19-37/h7-13,20H,14-19H2,1-6H3,(H,33,35)(H,31,32,34). The van der Waals surface area contributed by atoms with Gasteiger partial charge >= 0.3 is 0 Å². The highest BCUT2D eigenvalue weighted by molar-refractivity contribution is 5.90. The molecule has 0 radical (unpaired) electrons. The van der Waals surface area contributed by atoms with Gasteiger partial charge in [-0.25, -0.2) is 9.67 Å². The van der Waals surface area contributed by atoms with Crippen LogP contribution in [0.4, 0.5) is 28.8 Å². The third-order valence-corrected chi connectivity index (χ3v) is 7.68. The molecule has 2 aromatic carbocycles. The molecule has 0 spiro atoms. The minimum atomic E-state index is -0.266. The van der Waals surface area contributed by atoms with Crippen LogP contribution in [0.3, 0.4) is 0 Å². The largest absolute Gasteiger partial charge is 0.379 e. The molecule has 0 saturated carbocycles. The molecule has 1 aliphatic rings. The number of methoxy groups -OCH3 is 1. The van der Waals surface area contributed by atoms with E-state index in [0.29, 0.717) is 12.5 Å². The summed E-state index contributed by atoms with van der Waals surface area (Å²) in [7, 11) is 3.92. The summed E-state index contributed by atoms with van der Waals surface area (Å²) in [6, 6.07) is 14.8. The van der Waals surface area contributed by atoms with Gasteiger partial charge in [-0.1, -0.05) is 18.2 Å². The van der Waals surface area contributed by atoms with E-state index in [1.165, 1.54) is 5.69 Å². The second-order valence-corrected chi connectivity index (χ2v) is 11.1. The maximum absolute atomic E-state index is 5.66. The van der Waals surface area contributed by atoms with Crippen LogP contribution in [0.15, 0.2) is 48.7 Å². The lowest BCUT2D eigenvalue weighted by Crippen LogP contribution is -2.44. The number of hydrogen-bond donors (Lipinski definition) is 2. The lowest BCUT2D eigenvalue weighted by Gasteiger charge is -2.34. The molecule has 3 heterocycles. The van der Waals surface area contributed by atoms with Gasteiger partial charge in [0.1, 0.15) is 0 Å². The summed E-state index contributed by atoms with van der Waals surface area (Å²) in [5.74, 6) is 1.29. The number of rotatable bonds is 9. The Hall–Kier alpha value is -3.69.